The lowest BCUT2D eigenvalue weighted by atomic mass is 10.3. The fraction of sp³-hybridized carbons (Fsp3) is 0.444. The minimum atomic E-state index is -0.324. The summed E-state index contributed by atoms with van der Waals surface area (Å²) in [4.78, 5) is 21.4. The molecular weight excluding hydrogens is 373 g/mol. The molecule has 2 aliphatic heterocycles. The molecule has 1 amide bonds. The number of fused-ring (bicyclic) bond motifs is 1. The van der Waals surface area contributed by atoms with Crippen molar-refractivity contribution in [2.75, 3.05) is 57.5 Å². The number of ether oxygens (including phenoxy) is 3. The van der Waals surface area contributed by atoms with E-state index in [1.54, 1.807) is 11.0 Å². The molecule has 1 aromatic carbocycles. The maximum absolute atomic E-state index is 13.5. The van der Waals surface area contributed by atoms with Crippen molar-refractivity contribution in [3.8, 4) is 0 Å². The third kappa shape index (κ3) is 4.20. The molecule has 1 aromatic heterocycles. The molecule has 2 aromatic rings. The van der Waals surface area contributed by atoms with E-state index in [9.17, 15) is 9.18 Å². The number of aromatic nitrogens is 1. The molecule has 0 N–H and O–H groups in total. The van der Waals surface area contributed by atoms with Crippen molar-refractivity contribution in [3.05, 3.63) is 36.0 Å². The van der Waals surface area contributed by atoms with Crippen LogP contribution in [0, 0.1) is 5.82 Å². The normalized spacial score (nSPS) is 17.9. The summed E-state index contributed by atoms with van der Waals surface area (Å²) in [6.07, 6.45) is 1.35. The van der Waals surface area contributed by atoms with E-state index in [-0.39, 0.29) is 17.5 Å². The molecule has 0 unspecified atom stereocenters. The number of carbonyl (C=O) groups is 1. The van der Waals surface area contributed by atoms with Crippen LogP contribution in [0.5, 0.6) is 0 Å². The Labute approximate surface area is 159 Å². The van der Waals surface area contributed by atoms with Crippen molar-refractivity contribution in [3.63, 3.8) is 0 Å². The van der Waals surface area contributed by atoms with E-state index in [4.69, 9.17) is 14.2 Å². The van der Waals surface area contributed by atoms with Gasteiger partial charge in [0.1, 0.15) is 25.3 Å². The standard InChI is InChI=1S/C18H20FN3O4S/c19-13-1-2-14-16(11-13)27-18(20-14)22(4-3-21-5-7-24-8-6-21)17(23)15-12-25-9-10-26-15/h1-2,11-12H,3-10H2. The predicted molar refractivity (Wildman–Crippen MR) is 99.2 cm³/mol. The number of morpholine rings is 1. The second-order valence-corrected chi connectivity index (χ2v) is 7.23. The zero-order chi connectivity index (χ0) is 18.6. The van der Waals surface area contributed by atoms with Gasteiger partial charge in [-0.3, -0.25) is 14.6 Å². The molecular formula is C18H20FN3O4S. The van der Waals surface area contributed by atoms with Crippen molar-refractivity contribution < 1.29 is 23.4 Å². The highest BCUT2D eigenvalue weighted by atomic mass is 32.1. The van der Waals surface area contributed by atoms with Crippen LogP contribution in [0.15, 0.2) is 30.2 Å². The zero-order valence-electron chi connectivity index (χ0n) is 14.7. The molecule has 4 rings (SSSR count). The van der Waals surface area contributed by atoms with Crippen LogP contribution in [0.2, 0.25) is 0 Å². The van der Waals surface area contributed by atoms with Crippen molar-refractivity contribution in [1.82, 2.24) is 9.88 Å². The highest BCUT2D eigenvalue weighted by molar-refractivity contribution is 7.22. The molecule has 144 valence electrons. The lowest BCUT2D eigenvalue weighted by molar-refractivity contribution is -0.119. The third-order valence-electron chi connectivity index (χ3n) is 4.42. The Bertz CT molecular complexity index is 850. The monoisotopic (exact) mass is 393 g/mol. The molecule has 7 nitrogen and oxygen atoms in total. The predicted octanol–water partition coefficient (Wildman–Crippen LogP) is 1.99. The molecule has 0 radical (unpaired) electrons. The minimum Gasteiger partial charge on any atom is -0.494 e. The molecule has 1 saturated heterocycles. The summed E-state index contributed by atoms with van der Waals surface area (Å²) in [5, 5.41) is 0.518. The first-order valence-corrected chi connectivity index (χ1v) is 9.65. The van der Waals surface area contributed by atoms with Crippen molar-refractivity contribution >= 4 is 32.6 Å². The summed E-state index contributed by atoms with van der Waals surface area (Å²) >= 11 is 1.29. The van der Waals surface area contributed by atoms with Gasteiger partial charge in [-0.15, -0.1) is 0 Å². The molecule has 9 heteroatoms. The Morgan fingerprint density at radius 2 is 2.11 bits per heavy atom. The van der Waals surface area contributed by atoms with Gasteiger partial charge >= 0.3 is 0 Å². The van der Waals surface area contributed by atoms with Gasteiger partial charge in [-0.1, -0.05) is 11.3 Å². The van der Waals surface area contributed by atoms with Crippen LogP contribution >= 0.6 is 11.3 Å². The molecule has 27 heavy (non-hydrogen) atoms. The van der Waals surface area contributed by atoms with Crippen LogP contribution < -0.4 is 4.90 Å². The number of anilines is 1. The first kappa shape index (κ1) is 18.1. The maximum Gasteiger partial charge on any atom is 0.298 e. The molecule has 0 atom stereocenters. The maximum atomic E-state index is 13.5. The number of thiazole rings is 1. The lowest BCUT2D eigenvalue weighted by Gasteiger charge is -2.29. The Balaban J connectivity index is 1.59. The Hall–Kier alpha value is -2.23. The van der Waals surface area contributed by atoms with Gasteiger partial charge in [0.05, 0.1) is 23.4 Å². The van der Waals surface area contributed by atoms with Gasteiger partial charge in [0.2, 0.25) is 5.76 Å². The van der Waals surface area contributed by atoms with Gasteiger partial charge < -0.3 is 14.2 Å². The van der Waals surface area contributed by atoms with Crippen LogP contribution in [0.25, 0.3) is 10.2 Å². The van der Waals surface area contributed by atoms with Crippen LogP contribution in [0.4, 0.5) is 9.52 Å². The van der Waals surface area contributed by atoms with E-state index in [1.165, 1.54) is 29.7 Å². The molecule has 0 aliphatic carbocycles. The average molecular weight is 393 g/mol. The summed E-state index contributed by atoms with van der Waals surface area (Å²) in [6.45, 7) is 4.93. The van der Waals surface area contributed by atoms with Crippen LogP contribution in [-0.2, 0) is 19.0 Å². The number of hydrogen-bond donors (Lipinski definition) is 0. The topological polar surface area (TPSA) is 64.1 Å². The summed E-state index contributed by atoms with van der Waals surface area (Å²) < 4.78 is 30.3. The number of carbonyl (C=O) groups excluding carboxylic acids is 1. The first-order valence-electron chi connectivity index (χ1n) is 8.83. The van der Waals surface area contributed by atoms with E-state index in [2.05, 4.69) is 9.88 Å². The molecule has 0 bridgehead atoms. The Kier molecular flexibility index (Phi) is 5.51. The number of amides is 1. The lowest BCUT2D eigenvalue weighted by Crippen LogP contribution is -2.44. The van der Waals surface area contributed by atoms with E-state index in [0.29, 0.717) is 54.9 Å². The smallest absolute Gasteiger partial charge is 0.298 e. The molecule has 3 heterocycles. The number of hydrogen-bond acceptors (Lipinski definition) is 7. The van der Waals surface area contributed by atoms with Crippen LogP contribution in [-0.4, -0.2) is 68.4 Å². The Morgan fingerprint density at radius 1 is 1.26 bits per heavy atom. The molecule has 0 spiro atoms. The third-order valence-corrected chi connectivity index (χ3v) is 5.46. The van der Waals surface area contributed by atoms with Crippen LogP contribution in [0.1, 0.15) is 0 Å². The van der Waals surface area contributed by atoms with Gasteiger partial charge in [-0.25, -0.2) is 9.37 Å². The van der Waals surface area contributed by atoms with Crippen molar-refractivity contribution in [2.45, 2.75) is 0 Å². The molecule has 1 fully saturated rings. The fourth-order valence-electron chi connectivity index (χ4n) is 2.97. The largest absolute Gasteiger partial charge is 0.494 e. The zero-order valence-corrected chi connectivity index (χ0v) is 15.5. The summed E-state index contributed by atoms with van der Waals surface area (Å²) in [6, 6.07) is 4.42. The van der Waals surface area contributed by atoms with E-state index < -0.39 is 0 Å². The number of rotatable bonds is 5. The average Bonchev–Trinajstić information content (AvgIpc) is 3.12. The van der Waals surface area contributed by atoms with Crippen LogP contribution in [0.3, 0.4) is 0 Å². The highest BCUT2D eigenvalue weighted by Gasteiger charge is 2.27. The molecule has 2 aliphatic rings. The second-order valence-electron chi connectivity index (χ2n) is 6.22. The number of halogens is 1. The summed E-state index contributed by atoms with van der Waals surface area (Å²) in [5.41, 5.74) is 0.662. The van der Waals surface area contributed by atoms with Gasteiger partial charge in [0, 0.05) is 26.2 Å². The highest BCUT2D eigenvalue weighted by Crippen LogP contribution is 2.30. The minimum absolute atomic E-state index is 0.161. The Morgan fingerprint density at radius 3 is 2.89 bits per heavy atom. The van der Waals surface area contributed by atoms with E-state index in [0.717, 1.165) is 13.1 Å². The van der Waals surface area contributed by atoms with Gasteiger partial charge in [0.15, 0.2) is 5.13 Å². The van der Waals surface area contributed by atoms with E-state index >= 15 is 0 Å². The number of nitrogens with zero attached hydrogens (tertiary/aromatic N) is 3. The quantitative estimate of drug-likeness (QED) is 0.774. The van der Waals surface area contributed by atoms with Crippen molar-refractivity contribution in [2.24, 2.45) is 0 Å². The van der Waals surface area contributed by atoms with E-state index in [1.807, 2.05) is 0 Å². The van der Waals surface area contributed by atoms with Gasteiger partial charge in [-0.2, -0.15) is 0 Å². The second kappa shape index (κ2) is 8.20. The SMILES string of the molecule is O=C(C1=COCCO1)N(CCN1CCOCC1)c1nc2ccc(F)cc2s1. The number of benzene rings is 1. The fourth-order valence-corrected chi connectivity index (χ4v) is 3.98. The summed E-state index contributed by atoms with van der Waals surface area (Å²) in [5.74, 6) is -0.466. The summed E-state index contributed by atoms with van der Waals surface area (Å²) in [7, 11) is 0. The molecule has 0 saturated carbocycles. The van der Waals surface area contributed by atoms with Crippen molar-refractivity contribution in [1.29, 1.82) is 0 Å². The van der Waals surface area contributed by atoms with Gasteiger partial charge in [0.25, 0.3) is 5.91 Å². The van der Waals surface area contributed by atoms with Gasteiger partial charge in [-0.05, 0) is 18.2 Å². The first-order chi connectivity index (χ1) is 13.2.